The maximum atomic E-state index is 13.2. The molecular formula is C64H123NO10. The lowest BCUT2D eigenvalue weighted by Crippen LogP contribution is -2.60. The van der Waals surface area contributed by atoms with Crippen molar-refractivity contribution in [2.45, 2.75) is 364 Å². The fraction of sp³-hybridized carbons (Fsp3) is 0.922. The molecule has 0 radical (unpaired) electrons. The van der Waals surface area contributed by atoms with Gasteiger partial charge < -0.3 is 50.5 Å². The maximum Gasteiger partial charge on any atom is 0.249 e. The zero-order valence-electron chi connectivity index (χ0n) is 48.8. The van der Waals surface area contributed by atoms with Crippen LogP contribution in [0.3, 0.4) is 0 Å². The molecule has 0 aromatic rings. The molecule has 1 amide bonds. The summed E-state index contributed by atoms with van der Waals surface area (Å²) in [4.78, 5) is 13.2. The normalized spacial score (nSPS) is 19.8. The summed E-state index contributed by atoms with van der Waals surface area (Å²) in [6, 6.07) is -1.18. The first-order valence-corrected chi connectivity index (χ1v) is 32.2. The molecular weight excluding hydrogens is 943 g/mol. The molecule has 9 atom stereocenters. The molecule has 444 valence electrons. The molecule has 0 bridgehead atoms. The van der Waals surface area contributed by atoms with Crippen molar-refractivity contribution in [1.82, 2.24) is 5.32 Å². The summed E-state index contributed by atoms with van der Waals surface area (Å²) in [5.41, 5.74) is 0. The number of aliphatic hydroxyl groups excluding tert-OH is 7. The van der Waals surface area contributed by atoms with Crippen molar-refractivity contribution in [2.75, 3.05) is 13.2 Å². The van der Waals surface area contributed by atoms with Crippen molar-refractivity contribution < 1.29 is 50.0 Å². The minimum absolute atomic E-state index is 0.257. The Kier molecular flexibility index (Phi) is 50.8. The summed E-state index contributed by atoms with van der Waals surface area (Å²) in [6.07, 6.45) is 54.0. The second-order valence-corrected chi connectivity index (χ2v) is 22.8. The zero-order valence-corrected chi connectivity index (χ0v) is 48.8. The molecule has 1 rings (SSSR count). The van der Waals surface area contributed by atoms with Gasteiger partial charge in [0.15, 0.2) is 6.29 Å². The first kappa shape index (κ1) is 71.6. The van der Waals surface area contributed by atoms with E-state index in [-0.39, 0.29) is 12.8 Å². The highest BCUT2D eigenvalue weighted by Crippen LogP contribution is 2.24. The molecule has 1 aliphatic rings. The lowest BCUT2D eigenvalue weighted by atomic mass is 9.98. The SMILES string of the molecule is CCCCCCCCCCCCCC/C=C\CCCCCCCCCCCCCCCCC(O)C(=O)NC(COC1OC(CO)C(O)C(O)C1O)C(O)C(O)CCC/C=C/CCCCCCCCCCCCCCC. The van der Waals surface area contributed by atoms with Crippen LogP contribution < -0.4 is 5.32 Å². The van der Waals surface area contributed by atoms with E-state index in [1.165, 1.54) is 231 Å². The predicted octanol–water partition coefficient (Wildman–Crippen LogP) is 14.5. The lowest BCUT2D eigenvalue weighted by molar-refractivity contribution is -0.303. The van der Waals surface area contributed by atoms with E-state index in [9.17, 15) is 40.5 Å². The van der Waals surface area contributed by atoms with Gasteiger partial charge in [-0.1, -0.05) is 269 Å². The smallest absolute Gasteiger partial charge is 0.249 e. The standard InChI is InChI=1S/C64H123NO10/c1-3-5-7-9-11-13-15-17-19-21-23-24-25-26-27-28-29-30-31-32-33-34-36-38-40-42-44-46-48-50-52-57(68)63(73)65-55(54-74-64-62(72)61(71)60(70)58(53-66)75-64)59(69)56(67)51-49-47-45-43-41-39-37-35-22-20-18-16-14-12-10-8-6-4-2/h26-27,43,45,55-62,64,66-72H,3-25,28-42,44,46-54H2,1-2H3,(H,65,73)/b27-26-,45-43+. The number of unbranched alkanes of at least 4 members (excludes halogenated alkanes) is 40. The first-order valence-electron chi connectivity index (χ1n) is 32.2. The number of hydrogen-bond donors (Lipinski definition) is 8. The molecule has 1 saturated heterocycles. The van der Waals surface area contributed by atoms with Gasteiger partial charge in [-0.15, -0.1) is 0 Å². The van der Waals surface area contributed by atoms with Crippen LogP contribution >= 0.6 is 0 Å². The Labute approximate surface area is 461 Å². The zero-order chi connectivity index (χ0) is 54.7. The van der Waals surface area contributed by atoms with Crippen molar-refractivity contribution >= 4 is 5.91 Å². The minimum Gasteiger partial charge on any atom is -0.394 e. The van der Waals surface area contributed by atoms with Gasteiger partial charge in [-0.05, 0) is 64.2 Å². The predicted molar refractivity (Wildman–Crippen MR) is 312 cm³/mol. The largest absolute Gasteiger partial charge is 0.394 e. The number of allylic oxidation sites excluding steroid dienone is 4. The second-order valence-electron chi connectivity index (χ2n) is 22.8. The van der Waals surface area contributed by atoms with E-state index in [4.69, 9.17) is 9.47 Å². The molecule has 9 unspecified atom stereocenters. The third kappa shape index (κ3) is 41.3. The quantitative estimate of drug-likeness (QED) is 0.0215. The van der Waals surface area contributed by atoms with Gasteiger partial charge in [0.25, 0.3) is 0 Å². The lowest BCUT2D eigenvalue weighted by Gasteiger charge is -2.40. The van der Waals surface area contributed by atoms with E-state index in [2.05, 4.69) is 43.5 Å². The third-order valence-electron chi connectivity index (χ3n) is 15.7. The Hall–Kier alpha value is -1.41. The van der Waals surface area contributed by atoms with Gasteiger partial charge in [-0.2, -0.15) is 0 Å². The number of carbonyl (C=O) groups is 1. The molecule has 1 fully saturated rings. The molecule has 8 N–H and O–H groups in total. The van der Waals surface area contributed by atoms with Crippen LogP contribution in [-0.4, -0.2) is 110 Å². The maximum absolute atomic E-state index is 13.2. The van der Waals surface area contributed by atoms with E-state index >= 15 is 0 Å². The fourth-order valence-corrected chi connectivity index (χ4v) is 10.5. The highest BCUT2D eigenvalue weighted by molar-refractivity contribution is 5.80. The average molecular weight is 1070 g/mol. The highest BCUT2D eigenvalue weighted by atomic mass is 16.7. The first-order chi connectivity index (χ1) is 36.7. The van der Waals surface area contributed by atoms with E-state index in [0.717, 1.165) is 38.5 Å². The number of carbonyl (C=O) groups excluding carboxylic acids is 1. The fourth-order valence-electron chi connectivity index (χ4n) is 10.5. The van der Waals surface area contributed by atoms with Crippen LogP contribution in [0, 0.1) is 0 Å². The number of nitrogens with one attached hydrogen (secondary N) is 1. The Morgan fingerprint density at radius 1 is 0.453 bits per heavy atom. The van der Waals surface area contributed by atoms with Crippen LogP contribution in [0.5, 0.6) is 0 Å². The molecule has 11 heteroatoms. The van der Waals surface area contributed by atoms with Crippen molar-refractivity contribution in [1.29, 1.82) is 0 Å². The van der Waals surface area contributed by atoms with Crippen LogP contribution in [0.4, 0.5) is 0 Å². The van der Waals surface area contributed by atoms with Crippen molar-refractivity contribution in [2.24, 2.45) is 0 Å². The molecule has 0 saturated carbocycles. The van der Waals surface area contributed by atoms with Gasteiger partial charge in [-0.3, -0.25) is 4.79 Å². The van der Waals surface area contributed by atoms with E-state index in [1.54, 1.807) is 0 Å². The molecule has 11 nitrogen and oxygen atoms in total. The van der Waals surface area contributed by atoms with Gasteiger partial charge >= 0.3 is 0 Å². The van der Waals surface area contributed by atoms with Crippen LogP contribution in [0.25, 0.3) is 0 Å². The van der Waals surface area contributed by atoms with Gasteiger partial charge in [-0.25, -0.2) is 0 Å². The van der Waals surface area contributed by atoms with Crippen LogP contribution in [0.2, 0.25) is 0 Å². The minimum atomic E-state index is -1.67. The average Bonchev–Trinajstić information content (AvgIpc) is 3.41. The molecule has 0 aromatic heterocycles. The van der Waals surface area contributed by atoms with Gasteiger partial charge in [0.2, 0.25) is 5.91 Å². The van der Waals surface area contributed by atoms with Crippen LogP contribution in [-0.2, 0) is 14.3 Å². The van der Waals surface area contributed by atoms with Crippen molar-refractivity contribution in [3.8, 4) is 0 Å². The van der Waals surface area contributed by atoms with Crippen LogP contribution in [0.15, 0.2) is 24.3 Å². The summed E-state index contributed by atoms with van der Waals surface area (Å²) in [5.74, 6) is -0.702. The van der Waals surface area contributed by atoms with Crippen LogP contribution in [0.1, 0.15) is 309 Å². The van der Waals surface area contributed by atoms with E-state index in [0.29, 0.717) is 12.8 Å². The third-order valence-corrected chi connectivity index (χ3v) is 15.7. The Balaban J connectivity index is 2.23. The molecule has 75 heavy (non-hydrogen) atoms. The topological polar surface area (TPSA) is 189 Å². The number of hydrogen-bond acceptors (Lipinski definition) is 10. The van der Waals surface area contributed by atoms with Gasteiger partial charge in [0.1, 0.15) is 36.6 Å². The Morgan fingerprint density at radius 3 is 1.15 bits per heavy atom. The molecule has 1 heterocycles. The summed E-state index contributed by atoms with van der Waals surface area (Å²) < 4.78 is 11.2. The van der Waals surface area contributed by atoms with E-state index < -0.39 is 74.2 Å². The molecule has 0 spiro atoms. The summed E-state index contributed by atoms with van der Waals surface area (Å²) >= 11 is 0. The second kappa shape index (κ2) is 53.2. The molecule has 1 aliphatic heterocycles. The molecule has 0 aliphatic carbocycles. The molecule has 0 aromatic carbocycles. The van der Waals surface area contributed by atoms with Gasteiger partial charge in [0, 0.05) is 0 Å². The number of aliphatic hydroxyl groups is 7. The summed E-state index contributed by atoms with van der Waals surface area (Å²) in [6.45, 7) is 3.48. The number of ether oxygens (including phenoxy) is 2. The highest BCUT2D eigenvalue weighted by Gasteiger charge is 2.44. The monoisotopic (exact) mass is 1070 g/mol. The summed E-state index contributed by atoms with van der Waals surface area (Å²) in [7, 11) is 0. The Bertz CT molecular complexity index is 1270. The van der Waals surface area contributed by atoms with E-state index in [1.807, 2.05) is 0 Å². The number of rotatable bonds is 56. The van der Waals surface area contributed by atoms with Gasteiger partial charge in [0.05, 0.1) is 25.4 Å². The number of amides is 1. The summed E-state index contributed by atoms with van der Waals surface area (Å²) in [5, 5.41) is 76.3. The Morgan fingerprint density at radius 2 is 0.787 bits per heavy atom. The van der Waals surface area contributed by atoms with Crippen molar-refractivity contribution in [3.63, 3.8) is 0 Å². The van der Waals surface area contributed by atoms with Crippen molar-refractivity contribution in [3.05, 3.63) is 24.3 Å².